The monoisotopic (exact) mass is 281 g/mol. The maximum absolute atomic E-state index is 12.4. The molecule has 0 aliphatic heterocycles. The quantitative estimate of drug-likeness (QED) is 0.587. The zero-order chi connectivity index (χ0) is 14.1. The van der Waals surface area contributed by atoms with Gasteiger partial charge in [-0.15, -0.1) is 6.58 Å². The Hall–Kier alpha value is -1.19. The van der Waals surface area contributed by atoms with Gasteiger partial charge >= 0.3 is 7.60 Å². The van der Waals surface area contributed by atoms with E-state index in [9.17, 15) is 4.57 Å². The van der Waals surface area contributed by atoms with E-state index in [4.69, 9.17) is 9.05 Å². The molecule has 0 fully saturated rings. The van der Waals surface area contributed by atoms with E-state index in [2.05, 4.69) is 11.9 Å². The molecule has 0 aliphatic carbocycles. The van der Waals surface area contributed by atoms with Crippen LogP contribution in [0.2, 0.25) is 0 Å². The van der Waals surface area contributed by atoms with Crippen LogP contribution < -0.4 is 5.32 Å². The first-order valence-electron chi connectivity index (χ1n) is 5.95. The second-order valence-electron chi connectivity index (χ2n) is 3.82. The summed E-state index contributed by atoms with van der Waals surface area (Å²) in [5, 5.41) is 3.06. The third kappa shape index (κ3) is 4.77. The van der Waals surface area contributed by atoms with Gasteiger partial charge in [0.2, 0.25) is 0 Å². The summed E-state index contributed by atoms with van der Waals surface area (Å²) < 4.78 is 22.4. The average Bonchev–Trinajstić information content (AvgIpc) is 2.47. The van der Waals surface area contributed by atoms with Gasteiger partial charge in [0.25, 0.3) is 0 Å². The smallest absolute Gasteiger partial charge is 0.311 e. The van der Waals surface area contributed by atoms with E-state index >= 15 is 0 Å². The Bertz CT molecular complexity index is 451. The maximum Gasteiger partial charge on any atom is 0.350 e. The van der Waals surface area contributed by atoms with Crippen molar-refractivity contribution in [1.29, 1.82) is 0 Å². The fraction of sp³-hybridized carbons (Fsp3) is 0.286. The van der Waals surface area contributed by atoms with E-state index in [-0.39, 0.29) is 0 Å². The molecule has 104 valence electrons. The van der Waals surface area contributed by atoms with Crippen molar-refractivity contribution in [2.45, 2.75) is 5.78 Å². The molecule has 0 bridgehead atoms. The van der Waals surface area contributed by atoms with Crippen LogP contribution in [0.1, 0.15) is 5.56 Å². The van der Waals surface area contributed by atoms with Crippen LogP contribution in [0.3, 0.4) is 0 Å². The van der Waals surface area contributed by atoms with E-state index in [1.54, 1.807) is 12.2 Å². The summed E-state index contributed by atoms with van der Waals surface area (Å²) in [6.07, 6.45) is 5.36. The standard InChI is InChI=1S/C14H20NO3P/c1-4-12-15-14(19(16,17-2)18-3)11-10-13-8-6-5-7-9-13/h4-11,14-15H,1,12H2,2-3H3/b11-10+. The number of hydrogen-bond acceptors (Lipinski definition) is 4. The normalized spacial score (nSPS) is 13.6. The Morgan fingerprint density at radius 1 is 1.32 bits per heavy atom. The van der Waals surface area contributed by atoms with E-state index in [1.165, 1.54) is 14.2 Å². The van der Waals surface area contributed by atoms with Crippen molar-refractivity contribution in [3.8, 4) is 0 Å². The highest BCUT2D eigenvalue weighted by Crippen LogP contribution is 2.51. The summed E-state index contributed by atoms with van der Waals surface area (Å²) in [5.74, 6) is -0.513. The molecule has 0 saturated heterocycles. The second kappa shape index (κ2) is 8.08. The summed E-state index contributed by atoms with van der Waals surface area (Å²) in [7, 11) is -0.447. The Labute approximate surface area is 114 Å². The second-order valence-corrected chi connectivity index (χ2v) is 6.18. The largest absolute Gasteiger partial charge is 0.350 e. The van der Waals surface area contributed by atoms with Crippen LogP contribution in [0, 0.1) is 0 Å². The minimum atomic E-state index is -3.20. The summed E-state index contributed by atoms with van der Waals surface area (Å²) in [5.41, 5.74) is 1.02. The van der Waals surface area contributed by atoms with Gasteiger partial charge in [-0.05, 0) is 5.56 Å². The van der Waals surface area contributed by atoms with Gasteiger partial charge in [-0.2, -0.15) is 0 Å². The van der Waals surface area contributed by atoms with E-state index in [1.807, 2.05) is 36.4 Å². The van der Waals surface area contributed by atoms with Gasteiger partial charge in [-0.3, -0.25) is 9.88 Å². The third-order valence-electron chi connectivity index (χ3n) is 2.59. The highest BCUT2D eigenvalue weighted by atomic mass is 31.2. The molecule has 0 aromatic heterocycles. The minimum Gasteiger partial charge on any atom is -0.311 e. The Balaban J connectivity index is 2.88. The number of benzene rings is 1. The van der Waals surface area contributed by atoms with Crippen molar-refractivity contribution >= 4 is 13.7 Å². The van der Waals surface area contributed by atoms with Crippen molar-refractivity contribution in [1.82, 2.24) is 5.32 Å². The van der Waals surface area contributed by atoms with Gasteiger partial charge in [0.15, 0.2) is 0 Å². The molecule has 4 nitrogen and oxygen atoms in total. The molecule has 0 saturated carbocycles. The zero-order valence-corrected chi connectivity index (χ0v) is 12.2. The van der Waals surface area contributed by atoms with Gasteiger partial charge in [0.1, 0.15) is 5.78 Å². The zero-order valence-electron chi connectivity index (χ0n) is 11.3. The molecule has 1 atom stereocenters. The van der Waals surface area contributed by atoms with Crippen molar-refractivity contribution < 1.29 is 13.6 Å². The maximum atomic E-state index is 12.4. The Morgan fingerprint density at radius 2 is 1.95 bits per heavy atom. The van der Waals surface area contributed by atoms with Crippen molar-refractivity contribution in [3.05, 3.63) is 54.6 Å². The Kier molecular flexibility index (Phi) is 6.74. The molecule has 19 heavy (non-hydrogen) atoms. The van der Waals surface area contributed by atoms with Crippen LogP contribution >= 0.6 is 7.60 Å². The molecule has 0 heterocycles. The Morgan fingerprint density at radius 3 is 2.47 bits per heavy atom. The number of nitrogens with one attached hydrogen (secondary N) is 1. The molecule has 0 aliphatic rings. The van der Waals surface area contributed by atoms with Gasteiger partial charge < -0.3 is 9.05 Å². The van der Waals surface area contributed by atoms with Gasteiger partial charge in [-0.25, -0.2) is 0 Å². The number of rotatable bonds is 8. The summed E-state index contributed by atoms with van der Waals surface area (Å²) in [6, 6.07) is 9.76. The molecule has 0 spiro atoms. The predicted octanol–water partition coefficient (Wildman–Crippen LogP) is 3.29. The minimum absolute atomic E-state index is 0.513. The lowest BCUT2D eigenvalue weighted by atomic mass is 10.2. The number of hydrogen-bond donors (Lipinski definition) is 1. The average molecular weight is 281 g/mol. The predicted molar refractivity (Wildman–Crippen MR) is 79.1 cm³/mol. The van der Waals surface area contributed by atoms with Crippen LogP contribution in [0.4, 0.5) is 0 Å². The summed E-state index contributed by atoms with van der Waals surface area (Å²) in [4.78, 5) is 0. The van der Waals surface area contributed by atoms with Crippen molar-refractivity contribution in [2.24, 2.45) is 0 Å². The molecule has 1 rings (SSSR count). The fourth-order valence-corrected chi connectivity index (χ4v) is 2.79. The summed E-state index contributed by atoms with van der Waals surface area (Å²) >= 11 is 0. The van der Waals surface area contributed by atoms with E-state index in [0.717, 1.165) is 5.56 Å². The molecular formula is C14H20NO3P. The van der Waals surface area contributed by atoms with Crippen LogP contribution in [-0.4, -0.2) is 26.5 Å². The lowest BCUT2D eigenvalue weighted by molar-refractivity contribution is 0.266. The van der Waals surface area contributed by atoms with Gasteiger partial charge in [-0.1, -0.05) is 48.6 Å². The van der Waals surface area contributed by atoms with Crippen LogP contribution in [-0.2, 0) is 13.6 Å². The van der Waals surface area contributed by atoms with Crippen molar-refractivity contribution in [2.75, 3.05) is 20.8 Å². The van der Waals surface area contributed by atoms with Crippen molar-refractivity contribution in [3.63, 3.8) is 0 Å². The molecular weight excluding hydrogens is 261 g/mol. The SMILES string of the molecule is C=CCNC(/C=C/c1ccccc1)P(=O)(OC)OC. The lowest BCUT2D eigenvalue weighted by Crippen LogP contribution is -2.28. The first-order valence-corrected chi connectivity index (χ1v) is 7.56. The molecule has 1 unspecified atom stereocenters. The molecule has 1 aromatic rings. The summed E-state index contributed by atoms with van der Waals surface area (Å²) in [6.45, 7) is 4.14. The highest BCUT2D eigenvalue weighted by molar-refractivity contribution is 7.54. The van der Waals surface area contributed by atoms with Gasteiger partial charge in [0.05, 0.1) is 0 Å². The molecule has 0 amide bonds. The van der Waals surface area contributed by atoms with Crippen LogP contribution in [0.5, 0.6) is 0 Å². The molecule has 1 N–H and O–H groups in total. The topological polar surface area (TPSA) is 47.6 Å². The lowest BCUT2D eigenvalue weighted by Gasteiger charge is -2.22. The molecule has 5 heteroatoms. The highest BCUT2D eigenvalue weighted by Gasteiger charge is 2.31. The van der Waals surface area contributed by atoms with Gasteiger partial charge in [0, 0.05) is 20.8 Å². The first kappa shape index (κ1) is 15.9. The fourth-order valence-electron chi connectivity index (χ4n) is 1.56. The van der Waals surface area contributed by atoms with E-state index in [0.29, 0.717) is 6.54 Å². The molecule has 1 aromatic carbocycles. The van der Waals surface area contributed by atoms with Crippen LogP contribution in [0.15, 0.2) is 49.1 Å². The van der Waals surface area contributed by atoms with E-state index < -0.39 is 13.4 Å². The third-order valence-corrected chi connectivity index (χ3v) is 4.65. The first-order chi connectivity index (χ1) is 9.16. The molecule has 0 radical (unpaired) electrons. The van der Waals surface area contributed by atoms with Crippen LogP contribution in [0.25, 0.3) is 6.08 Å².